The first-order valence-corrected chi connectivity index (χ1v) is 12.5. The lowest BCUT2D eigenvalue weighted by Crippen LogP contribution is -2.59. The molecule has 5 unspecified atom stereocenters. The van der Waals surface area contributed by atoms with Crippen LogP contribution in [0.1, 0.15) is 101 Å². The van der Waals surface area contributed by atoms with Gasteiger partial charge in [0.1, 0.15) is 23.6 Å². The van der Waals surface area contributed by atoms with E-state index in [1.54, 1.807) is 20.8 Å². The number of ketones is 3. The fourth-order valence-electron chi connectivity index (χ4n) is 3.39. The van der Waals surface area contributed by atoms with E-state index in [1.807, 2.05) is 34.6 Å². The Bertz CT molecular complexity index is 691. The van der Waals surface area contributed by atoms with Gasteiger partial charge in [0.25, 0.3) is 0 Å². The monoisotopic (exact) mass is 485 g/mol. The van der Waals surface area contributed by atoms with Crippen molar-refractivity contribution in [1.29, 1.82) is 0 Å². The molecule has 0 heterocycles. The van der Waals surface area contributed by atoms with Crippen molar-refractivity contribution in [3.05, 3.63) is 0 Å². The smallest absolute Gasteiger partial charge is 0.309 e. The molecule has 8 heteroatoms. The summed E-state index contributed by atoms with van der Waals surface area (Å²) < 4.78 is 11.4. The normalized spacial score (nSPS) is 17.2. The number of Topliss-reactive ketones (excluding diaryl/α,β-unsaturated/α-hetero) is 3. The van der Waals surface area contributed by atoms with Crippen molar-refractivity contribution in [2.45, 2.75) is 130 Å². The summed E-state index contributed by atoms with van der Waals surface area (Å²) in [6, 6.07) is -0.821. The van der Waals surface area contributed by atoms with E-state index in [2.05, 4.69) is 5.32 Å². The van der Waals surface area contributed by atoms with Gasteiger partial charge < -0.3 is 19.4 Å². The first-order chi connectivity index (χ1) is 15.6. The average molecular weight is 486 g/mol. The Morgan fingerprint density at radius 2 is 1.59 bits per heavy atom. The third kappa shape index (κ3) is 10.7. The van der Waals surface area contributed by atoms with Crippen LogP contribution in [0.15, 0.2) is 0 Å². The van der Waals surface area contributed by atoms with Crippen LogP contribution in [0.5, 0.6) is 0 Å². The summed E-state index contributed by atoms with van der Waals surface area (Å²) in [5.74, 6) is -1.15. The van der Waals surface area contributed by atoms with Crippen LogP contribution >= 0.6 is 0 Å². The quantitative estimate of drug-likeness (QED) is 0.283. The minimum atomic E-state index is -1.16. The molecule has 0 bridgehead atoms. The zero-order valence-electron chi connectivity index (χ0n) is 22.7. The zero-order chi connectivity index (χ0) is 26.7. The second kappa shape index (κ2) is 14.7. The number of carbonyl (C=O) groups is 4. The van der Waals surface area contributed by atoms with Crippen molar-refractivity contribution in [2.75, 3.05) is 6.61 Å². The molecule has 0 aromatic heterocycles. The van der Waals surface area contributed by atoms with E-state index in [4.69, 9.17) is 9.47 Å². The lowest BCUT2D eigenvalue weighted by Gasteiger charge is -2.35. The number of hydrogen-bond donors (Lipinski definition) is 2. The fraction of sp³-hybridized carbons (Fsp3) is 0.846. The second-order valence-corrected chi connectivity index (χ2v) is 10.1. The molecule has 0 saturated heterocycles. The third-order valence-electron chi connectivity index (χ3n) is 6.42. The highest BCUT2D eigenvalue weighted by Gasteiger charge is 2.39. The Hall–Kier alpha value is -1.64. The second-order valence-electron chi connectivity index (χ2n) is 10.1. The minimum absolute atomic E-state index is 0.0662. The summed E-state index contributed by atoms with van der Waals surface area (Å²) in [6.07, 6.45) is 0.224. The Morgan fingerprint density at radius 3 is 2.06 bits per heavy atom. The summed E-state index contributed by atoms with van der Waals surface area (Å²) in [4.78, 5) is 49.6. The minimum Gasteiger partial charge on any atom is -0.459 e. The molecule has 0 aromatic carbocycles. The molecule has 0 rings (SSSR count). The molecular weight excluding hydrogens is 438 g/mol. The van der Waals surface area contributed by atoms with Crippen molar-refractivity contribution in [2.24, 2.45) is 5.92 Å². The highest BCUT2D eigenvalue weighted by atomic mass is 16.6. The Kier molecular flexibility index (Phi) is 14.0. The topological polar surface area (TPSA) is 119 Å². The summed E-state index contributed by atoms with van der Waals surface area (Å²) in [6.45, 7) is 15.9. The maximum Gasteiger partial charge on any atom is 0.309 e. The Morgan fingerprint density at radius 1 is 1.00 bits per heavy atom. The molecular formula is C26H47NO7. The fourth-order valence-corrected chi connectivity index (χ4v) is 3.39. The van der Waals surface area contributed by atoms with E-state index in [-0.39, 0.29) is 49.3 Å². The van der Waals surface area contributed by atoms with Crippen molar-refractivity contribution in [3.8, 4) is 0 Å². The van der Waals surface area contributed by atoms with Gasteiger partial charge >= 0.3 is 5.97 Å². The van der Waals surface area contributed by atoms with Gasteiger partial charge in [-0.3, -0.25) is 19.7 Å². The van der Waals surface area contributed by atoms with Crippen molar-refractivity contribution < 1.29 is 33.8 Å². The van der Waals surface area contributed by atoms with Crippen molar-refractivity contribution in [3.63, 3.8) is 0 Å². The van der Waals surface area contributed by atoms with Crippen LogP contribution < -0.4 is 5.32 Å². The number of carbonyl (C=O) groups excluding carboxylic acids is 4. The Labute approximate surface area is 205 Å². The van der Waals surface area contributed by atoms with E-state index in [1.165, 1.54) is 6.92 Å². The molecule has 0 aromatic rings. The third-order valence-corrected chi connectivity index (χ3v) is 6.42. The van der Waals surface area contributed by atoms with Crippen molar-refractivity contribution >= 4 is 23.3 Å². The number of esters is 1. The standard InChI is InChI=1S/C26H47NO7/c1-10-17(4)24(32)34-25(7,8)15-16-33-19(6)23(31)26(9,12-3)27-20(14-13-18(5)28)22(30)21(29)11-2/h17,19-21,27,29H,10-16H2,1-9H3. The van der Waals surface area contributed by atoms with Crippen LogP contribution in [0.2, 0.25) is 0 Å². The first-order valence-electron chi connectivity index (χ1n) is 12.5. The molecule has 8 nitrogen and oxygen atoms in total. The highest BCUT2D eigenvalue weighted by molar-refractivity contribution is 5.94. The molecule has 0 aliphatic heterocycles. The average Bonchev–Trinajstić information content (AvgIpc) is 2.78. The lowest BCUT2D eigenvalue weighted by molar-refractivity contribution is -0.163. The van der Waals surface area contributed by atoms with Gasteiger partial charge in [-0.05, 0) is 60.3 Å². The van der Waals surface area contributed by atoms with Crippen LogP contribution in [-0.4, -0.2) is 64.4 Å². The number of nitrogens with one attached hydrogen (secondary N) is 1. The molecule has 0 radical (unpaired) electrons. The van der Waals surface area contributed by atoms with E-state index >= 15 is 0 Å². The molecule has 198 valence electrons. The number of aliphatic hydroxyl groups is 1. The lowest BCUT2D eigenvalue weighted by atomic mass is 9.87. The first kappa shape index (κ1) is 32.4. The van der Waals surface area contributed by atoms with Gasteiger partial charge in [0.2, 0.25) is 0 Å². The largest absolute Gasteiger partial charge is 0.459 e. The van der Waals surface area contributed by atoms with Gasteiger partial charge in [-0.1, -0.05) is 27.7 Å². The van der Waals surface area contributed by atoms with Crippen LogP contribution in [0.4, 0.5) is 0 Å². The maximum absolute atomic E-state index is 13.3. The Balaban J connectivity index is 5.21. The predicted octanol–water partition coefficient (Wildman–Crippen LogP) is 3.55. The van der Waals surface area contributed by atoms with E-state index in [0.29, 0.717) is 19.3 Å². The van der Waals surface area contributed by atoms with Crippen LogP contribution in [0.25, 0.3) is 0 Å². The van der Waals surface area contributed by atoms with E-state index < -0.39 is 35.2 Å². The SMILES string of the molecule is CCC(C)C(=O)OC(C)(C)CCOC(C)C(=O)C(C)(CC)NC(CCC(C)=O)C(=O)C(O)CC. The van der Waals surface area contributed by atoms with Crippen LogP contribution in [0, 0.1) is 5.92 Å². The molecule has 0 spiro atoms. The van der Waals surface area contributed by atoms with Crippen molar-refractivity contribution in [1.82, 2.24) is 5.32 Å². The maximum atomic E-state index is 13.3. The molecule has 0 fully saturated rings. The van der Waals surface area contributed by atoms with Crippen LogP contribution in [-0.2, 0) is 28.7 Å². The molecule has 0 amide bonds. The zero-order valence-corrected chi connectivity index (χ0v) is 22.7. The van der Waals surface area contributed by atoms with Gasteiger partial charge in [0.05, 0.1) is 24.1 Å². The summed E-state index contributed by atoms with van der Waals surface area (Å²) in [7, 11) is 0. The molecule has 34 heavy (non-hydrogen) atoms. The molecule has 2 N–H and O–H groups in total. The number of hydrogen-bond acceptors (Lipinski definition) is 8. The van der Waals surface area contributed by atoms with Gasteiger partial charge in [-0.2, -0.15) is 0 Å². The predicted molar refractivity (Wildman–Crippen MR) is 132 cm³/mol. The highest BCUT2D eigenvalue weighted by Crippen LogP contribution is 2.21. The van der Waals surface area contributed by atoms with Gasteiger partial charge in [-0.25, -0.2) is 0 Å². The van der Waals surface area contributed by atoms with Gasteiger partial charge in [0, 0.05) is 12.8 Å². The number of aliphatic hydroxyl groups excluding tert-OH is 1. The molecule has 0 saturated carbocycles. The van der Waals surface area contributed by atoms with Gasteiger partial charge in [-0.15, -0.1) is 0 Å². The summed E-state index contributed by atoms with van der Waals surface area (Å²) >= 11 is 0. The van der Waals surface area contributed by atoms with Crippen LogP contribution in [0.3, 0.4) is 0 Å². The summed E-state index contributed by atoms with van der Waals surface area (Å²) in [5, 5.41) is 13.2. The van der Waals surface area contributed by atoms with E-state index in [9.17, 15) is 24.3 Å². The number of rotatable bonds is 18. The molecule has 5 atom stereocenters. The number of ether oxygens (including phenoxy) is 2. The van der Waals surface area contributed by atoms with Gasteiger partial charge in [0.15, 0.2) is 11.6 Å². The van der Waals surface area contributed by atoms with E-state index in [0.717, 1.165) is 0 Å². The summed E-state index contributed by atoms with van der Waals surface area (Å²) in [5.41, 5.74) is -1.81. The molecule has 0 aliphatic carbocycles. The molecule has 0 aliphatic rings.